The van der Waals surface area contributed by atoms with E-state index in [0.717, 1.165) is 0 Å². The standard InChI is InChI=1S/C12H13NO5/c13-10(12(17)18)6-11(16)9-5-8(15)2-1-7(9)3-4-14/h1-2,4-5,10,15H,3,6,13H2,(H,17,18). The van der Waals surface area contributed by atoms with E-state index >= 15 is 0 Å². The van der Waals surface area contributed by atoms with E-state index in [1.165, 1.54) is 18.2 Å². The summed E-state index contributed by atoms with van der Waals surface area (Å²) in [6.07, 6.45) is 0.259. The van der Waals surface area contributed by atoms with Gasteiger partial charge in [0, 0.05) is 18.4 Å². The molecule has 0 aromatic heterocycles. The van der Waals surface area contributed by atoms with Crippen LogP contribution in [0, 0.1) is 0 Å². The highest BCUT2D eigenvalue weighted by Gasteiger charge is 2.19. The number of aromatic hydroxyl groups is 1. The number of carbonyl (C=O) groups is 3. The molecule has 1 aromatic carbocycles. The molecule has 96 valence electrons. The number of hydrogen-bond acceptors (Lipinski definition) is 5. The second-order valence-electron chi connectivity index (χ2n) is 3.78. The summed E-state index contributed by atoms with van der Waals surface area (Å²) < 4.78 is 0. The van der Waals surface area contributed by atoms with Crippen molar-refractivity contribution in [2.24, 2.45) is 5.73 Å². The van der Waals surface area contributed by atoms with Crippen molar-refractivity contribution in [3.8, 4) is 5.75 Å². The quantitative estimate of drug-likeness (QED) is 0.488. The molecule has 0 spiro atoms. The normalized spacial score (nSPS) is 11.8. The van der Waals surface area contributed by atoms with Crippen LogP contribution in [0.3, 0.4) is 0 Å². The van der Waals surface area contributed by atoms with Gasteiger partial charge in [0.1, 0.15) is 18.1 Å². The predicted molar refractivity (Wildman–Crippen MR) is 62.4 cm³/mol. The number of benzene rings is 1. The minimum Gasteiger partial charge on any atom is -0.508 e. The maximum Gasteiger partial charge on any atom is 0.320 e. The van der Waals surface area contributed by atoms with Crippen molar-refractivity contribution in [1.29, 1.82) is 0 Å². The molecule has 0 bridgehead atoms. The Balaban J connectivity index is 2.99. The fraction of sp³-hybridized carbons (Fsp3) is 0.250. The lowest BCUT2D eigenvalue weighted by molar-refractivity contribution is -0.138. The summed E-state index contributed by atoms with van der Waals surface area (Å²) in [7, 11) is 0. The van der Waals surface area contributed by atoms with E-state index in [0.29, 0.717) is 11.8 Å². The van der Waals surface area contributed by atoms with Crippen LogP contribution in [0.5, 0.6) is 5.75 Å². The van der Waals surface area contributed by atoms with E-state index in [2.05, 4.69) is 0 Å². The van der Waals surface area contributed by atoms with Crippen molar-refractivity contribution in [1.82, 2.24) is 0 Å². The first kappa shape index (κ1) is 13.9. The van der Waals surface area contributed by atoms with E-state index in [9.17, 15) is 19.5 Å². The summed E-state index contributed by atoms with van der Waals surface area (Å²) in [5, 5.41) is 17.9. The zero-order valence-corrected chi connectivity index (χ0v) is 9.50. The number of rotatable bonds is 6. The molecule has 6 nitrogen and oxygen atoms in total. The Bertz CT molecular complexity index is 483. The van der Waals surface area contributed by atoms with E-state index in [1.807, 2.05) is 0 Å². The minimum absolute atomic E-state index is 0.0175. The molecule has 18 heavy (non-hydrogen) atoms. The second-order valence-corrected chi connectivity index (χ2v) is 3.78. The SMILES string of the molecule is NC(CC(=O)c1cc(O)ccc1CC=O)C(=O)O. The van der Waals surface area contributed by atoms with E-state index in [4.69, 9.17) is 10.8 Å². The number of nitrogens with two attached hydrogens (primary N) is 1. The van der Waals surface area contributed by atoms with Crippen molar-refractivity contribution in [2.45, 2.75) is 18.9 Å². The Morgan fingerprint density at radius 1 is 1.39 bits per heavy atom. The average molecular weight is 251 g/mol. The fourth-order valence-electron chi connectivity index (χ4n) is 1.49. The number of hydrogen-bond donors (Lipinski definition) is 3. The number of ketones is 1. The first-order chi connectivity index (χ1) is 8.45. The Hall–Kier alpha value is -2.21. The summed E-state index contributed by atoms with van der Waals surface area (Å²) in [6, 6.07) is 2.70. The number of phenols is 1. The lowest BCUT2D eigenvalue weighted by Gasteiger charge is -2.09. The van der Waals surface area contributed by atoms with Crippen LogP contribution in [0.2, 0.25) is 0 Å². The Morgan fingerprint density at radius 2 is 2.06 bits per heavy atom. The van der Waals surface area contributed by atoms with E-state index in [1.54, 1.807) is 0 Å². The molecule has 0 aliphatic carbocycles. The van der Waals surface area contributed by atoms with Gasteiger partial charge < -0.3 is 20.7 Å². The first-order valence-corrected chi connectivity index (χ1v) is 5.22. The molecule has 6 heteroatoms. The van der Waals surface area contributed by atoms with Gasteiger partial charge in [-0.3, -0.25) is 9.59 Å². The molecule has 1 unspecified atom stereocenters. The van der Waals surface area contributed by atoms with Crippen molar-refractivity contribution in [3.05, 3.63) is 29.3 Å². The van der Waals surface area contributed by atoms with Crippen LogP contribution >= 0.6 is 0 Å². The molecule has 1 atom stereocenters. The summed E-state index contributed by atoms with van der Waals surface area (Å²) in [6.45, 7) is 0. The fourth-order valence-corrected chi connectivity index (χ4v) is 1.49. The van der Waals surface area contributed by atoms with Crippen LogP contribution in [-0.2, 0) is 16.0 Å². The van der Waals surface area contributed by atoms with Crippen LogP contribution in [-0.4, -0.2) is 34.3 Å². The van der Waals surface area contributed by atoms with Gasteiger partial charge in [-0.15, -0.1) is 0 Å². The van der Waals surface area contributed by atoms with Gasteiger partial charge in [-0.1, -0.05) is 6.07 Å². The van der Waals surface area contributed by atoms with Crippen LogP contribution < -0.4 is 5.73 Å². The zero-order valence-electron chi connectivity index (χ0n) is 9.50. The van der Waals surface area contributed by atoms with Crippen LogP contribution in [0.4, 0.5) is 0 Å². The molecule has 0 aliphatic heterocycles. The number of Topliss-reactive ketones (excluding diaryl/α,β-unsaturated/α-hetero) is 1. The van der Waals surface area contributed by atoms with E-state index in [-0.39, 0.29) is 24.2 Å². The van der Waals surface area contributed by atoms with Crippen molar-refractivity contribution < 1.29 is 24.6 Å². The first-order valence-electron chi connectivity index (χ1n) is 5.22. The van der Waals surface area contributed by atoms with Gasteiger partial charge >= 0.3 is 5.97 Å². The number of carbonyl (C=O) groups excluding carboxylic acids is 2. The number of aldehydes is 1. The molecule has 0 heterocycles. The van der Waals surface area contributed by atoms with Gasteiger partial charge in [0.2, 0.25) is 0 Å². The molecular weight excluding hydrogens is 238 g/mol. The summed E-state index contributed by atoms with van der Waals surface area (Å²) >= 11 is 0. The molecule has 1 aromatic rings. The number of carboxylic acids is 1. The molecule has 4 N–H and O–H groups in total. The van der Waals surface area contributed by atoms with Gasteiger partial charge in [0.25, 0.3) is 0 Å². The maximum atomic E-state index is 11.8. The second kappa shape index (κ2) is 5.92. The third-order valence-electron chi connectivity index (χ3n) is 2.42. The van der Waals surface area contributed by atoms with E-state index < -0.39 is 17.8 Å². The molecule has 0 aliphatic rings. The highest BCUT2D eigenvalue weighted by Crippen LogP contribution is 2.19. The number of carboxylic acid groups (broad SMARTS) is 1. The van der Waals surface area contributed by atoms with Gasteiger partial charge in [0.15, 0.2) is 5.78 Å². The largest absolute Gasteiger partial charge is 0.508 e. The van der Waals surface area contributed by atoms with Crippen molar-refractivity contribution >= 4 is 18.0 Å². The third kappa shape index (κ3) is 3.39. The molecular formula is C12H13NO5. The topological polar surface area (TPSA) is 118 Å². The molecule has 0 radical (unpaired) electrons. The number of aliphatic carboxylic acids is 1. The van der Waals surface area contributed by atoms with Gasteiger partial charge in [-0.25, -0.2) is 0 Å². The predicted octanol–water partition coefficient (Wildman–Crippen LogP) is 0.118. The molecule has 0 saturated heterocycles. The lowest BCUT2D eigenvalue weighted by atomic mass is 9.97. The summed E-state index contributed by atoms with van der Waals surface area (Å²) in [5.74, 6) is -1.92. The smallest absolute Gasteiger partial charge is 0.320 e. The Morgan fingerprint density at radius 3 is 2.61 bits per heavy atom. The maximum absolute atomic E-state index is 11.8. The Kier molecular flexibility index (Phi) is 4.56. The summed E-state index contributed by atoms with van der Waals surface area (Å²) in [4.78, 5) is 32.9. The monoisotopic (exact) mass is 251 g/mol. The van der Waals surface area contributed by atoms with Crippen molar-refractivity contribution in [3.63, 3.8) is 0 Å². The highest BCUT2D eigenvalue weighted by atomic mass is 16.4. The van der Waals surface area contributed by atoms with Crippen LogP contribution in [0.1, 0.15) is 22.3 Å². The molecule has 1 rings (SSSR count). The average Bonchev–Trinajstić information content (AvgIpc) is 2.31. The van der Waals surface area contributed by atoms with Crippen molar-refractivity contribution in [2.75, 3.05) is 0 Å². The van der Waals surface area contributed by atoms with Gasteiger partial charge in [-0.05, 0) is 17.7 Å². The van der Waals surface area contributed by atoms with Crippen LogP contribution in [0.25, 0.3) is 0 Å². The zero-order chi connectivity index (χ0) is 13.7. The number of phenolic OH excluding ortho intramolecular Hbond substituents is 1. The molecule has 0 fully saturated rings. The van der Waals surface area contributed by atoms with Gasteiger partial charge in [-0.2, -0.15) is 0 Å². The third-order valence-corrected chi connectivity index (χ3v) is 2.42. The molecule has 0 saturated carbocycles. The van der Waals surface area contributed by atoms with Crippen LogP contribution in [0.15, 0.2) is 18.2 Å². The molecule has 0 amide bonds. The summed E-state index contributed by atoms with van der Waals surface area (Å²) in [5.41, 5.74) is 5.82. The Labute approximate surface area is 103 Å². The van der Waals surface area contributed by atoms with Gasteiger partial charge in [0.05, 0.1) is 0 Å². The minimum atomic E-state index is -1.30. The highest BCUT2D eigenvalue weighted by molar-refractivity contribution is 6.00. The lowest BCUT2D eigenvalue weighted by Crippen LogP contribution is -2.32.